The zero-order valence-electron chi connectivity index (χ0n) is 43.9. The Morgan fingerprint density at radius 2 is 0.973 bits per heavy atom. The molecule has 0 bridgehead atoms. The van der Waals surface area contributed by atoms with Crippen LogP contribution < -0.4 is 10.6 Å². The van der Waals surface area contributed by atoms with Gasteiger partial charge in [-0.05, 0) is 173 Å². The fraction of sp³-hybridized carbons (Fsp3) is 0.414. The Bertz CT molecular complexity index is 2650. The molecule has 4 N–H and O–H groups in total. The van der Waals surface area contributed by atoms with Gasteiger partial charge in [0, 0.05) is 72.8 Å². The Balaban J connectivity index is 0.000000278. The summed E-state index contributed by atoms with van der Waals surface area (Å²) >= 11 is 2.14. The average molecular weight is 1140 g/mol. The summed E-state index contributed by atoms with van der Waals surface area (Å²) in [6.45, 7) is 6.79. The van der Waals surface area contributed by atoms with Crippen molar-refractivity contribution < 1.29 is 57.9 Å². The third-order valence-corrected chi connectivity index (χ3v) is 13.7. The van der Waals surface area contributed by atoms with Crippen LogP contribution in [0.15, 0.2) is 97.1 Å². The van der Waals surface area contributed by atoms with E-state index in [2.05, 4.69) is 51.0 Å². The van der Waals surface area contributed by atoms with Gasteiger partial charge in [0.25, 0.3) is 23.6 Å². The number of amides is 4. The van der Waals surface area contributed by atoms with Crippen molar-refractivity contribution in [2.75, 3.05) is 54.6 Å². The topological polar surface area (TPSA) is 210 Å². The first-order valence-corrected chi connectivity index (χ1v) is 25.7. The van der Waals surface area contributed by atoms with Gasteiger partial charge in [0.1, 0.15) is 13.2 Å². The molecule has 6 atom stereocenters. The molecule has 2 aliphatic rings. The van der Waals surface area contributed by atoms with E-state index in [0.29, 0.717) is 42.7 Å². The van der Waals surface area contributed by atoms with Crippen molar-refractivity contribution in [3.63, 3.8) is 0 Å². The number of Topliss-reactive ketones (excluding diaryl/α,β-unsaturated/α-hetero) is 2. The molecule has 4 unspecified atom stereocenters. The van der Waals surface area contributed by atoms with E-state index in [1.807, 2.05) is 48.5 Å². The molecule has 2 saturated heterocycles. The van der Waals surface area contributed by atoms with Crippen LogP contribution >= 0.6 is 22.6 Å². The molecular formula is C58H69IN4O12. The largest absolute Gasteiger partial charge is 0.389 e. The molecule has 2 fully saturated rings. The van der Waals surface area contributed by atoms with Crippen LogP contribution in [-0.4, -0.2) is 133 Å². The molecule has 6 rings (SSSR count). The summed E-state index contributed by atoms with van der Waals surface area (Å²) in [6, 6.07) is 28.2. The second kappa shape index (κ2) is 29.7. The maximum atomic E-state index is 13.3. The van der Waals surface area contributed by atoms with Crippen LogP contribution in [-0.2, 0) is 38.1 Å². The first-order valence-electron chi connectivity index (χ1n) is 24.6. The van der Waals surface area contributed by atoms with E-state index in [1.165, 1.54) is 46.9 Å². The molecule has 400 valence electrons. The summed E-state index contributed by atoms with van der Waals surface area (Å²) in [7, 11) is 5.73. The smallest absolute Gasteiger partial charge is 0.254 e. The summed E-state index contributed by atoms with van der Waals surface area (Å²) < 4.78 is 23.1. The van der Waals surface area contributed by atoms with Crippen molar-refractivity contribution in [1.82, 2.24) is 20.4 Å². The quantitative estimate of drug-likeness (QED) is 0.0537. The summed E-state index contributed by atoms with van der Waals surface area (Å²) in [5, 5.41) is 23.7. The van der Waals surface area contributed by atoms with E-state index in [1.54, 1.807) is 62.4 Å². The van der Waals surface area contributed by atoms with Crippen LogP contribution in [0.1, 0.15) is 127 Å². The van der Waals surface area contributed by atoms with Crippen molar-refractivity contribution in [2.24, 2.45) is 0 Å². The lowest BCUT2D eigenvalue weighted by Crippen LogP contribution is -2.62. The lowest BCUT2D eigenvalue weighted by molar-refractivity contribution is -0.174. The zero-order valence-corrected chi connectivity index (χ0v) is 46.1. The normalized spacial score (nSPS) is 17.3. The van der Waals surface area contributed by atoms with E-state index < -0.39 is 71.1 Å². The molecule has 0 aromatic heterocycles. The number of carbonyl (C=O) groups excluding carboxylic acids is 6. The highest BCUT2D eigenvalue weighted by Crippen LogP contribution is 2.24. The van der Waals surface area contributed by atoms with E-state index in [9.17, 15) is 33.9 Å². The molecule has 4 amide bonds. The molecule has 75 heavy (non-hydrogen) atoms. The van der Waals surface area contributed by atoms with E-state index in [0.717, 1.165) is 56.4 Å². The lowest BCUT2D eigenvalue weighted by atomic mass is 9.92. The highest BCUT2D eigenvalue weighted by atomic mass is 127. The predicted molar refractivity (Wildman–Crippen MR) is 292 cm³/mol. The van der Waals surface area contributed by atoms with Gasteiger partial charge >= 0.3 is 0 Å². The number of aliphatic hydroxyl groups is 2. The molecule has 0 aliphatic carbocycles. The number of benzene rings is 4. The summed E-state index contributed by atoms with van der Waals surface area (Å²) in [5.41, 5.74) is 1.30. The number of terminal acetylenes is 1. The fourth-order valence-electron chi connectivity index (χ4n) is 7.65. The van der Waals surface area contributed by atoms with Crippen LogP contribution in [0.5, 0.6) is 0 Å². The number of ketones is 2. The van der Waals surface area contributed by atoms with E-state index >= 15 is 0 Å². The van der Waals surface area contributed by atoms with Gasteiger partial charge in [-0.1, -0.05) is 42.0 Å². The Labute approximate surface area is 454 Å². The standard InChI is InChI=1S/C29H34N2O6.C19H25IN2O5.C10H10O/c1-20(32)23-14-10-21(11-15-23)8-9-22-12-16-24(17-13-22)27(34)31(4)29(2,28(35)30-3)25(33)19-37-26-7-5-6-18-36-26;1-19(18(25)21-2,15(23)12-27-16-6-4-5-11-26-16)22(3)17(24)13-7-9-14(20)10-8-13;1-3-9-4-6-10(7-5-9)8(2)11/h10-17,20,26,32H,5-7,18-19H2,1-4H3,(H,30,35);7-10,16H,4-6,11-12H2,1-3H3,(H,21,25);1,4-8,11H,2H3/t20?,26?,29-;16?,19-;/m11./s1. The number of aliphatic hydroxyl groups excluding tert-OH is 2. The number of carbonyl (C=O) groups is 6. The van der Waals surface area contributed by atoms with Crippen LogP contribution in [0.2, 0.25) is 0 Å². The van der Waals surface area contributed by atoms with E-state index in [-0.39, 0.29) is 13.2 Å². The molecule has 2 heterocycles. The molecular weight excluding hydrogens is 1070 g/mol. The maximum absolute atomic E-state index is 13.3. The molecule has 0 radical (unpaired) electrons. The van der Waals surface area contributed by atoms with E-state index in [4.69, 9.17) is 30.5 Å². The van der Waals surface area contributed by atoms with Crippen LogP contribution in [0.3, 0.4) is 0 Å². The number of hydrogen-bond donors (Lipinski definition) is 4. The monoisotopic (exact) mass is 1140 g/mol. The molecule has 0 spiro atoms. The highest BCUT2D eigenvalue weighted by Gasteiger charge is 2.48. The first-order chi connectivity index (χ1) is 35.7. The lowest BCUT2D eigenvalue weighted by Gasteiger charge is -2.36. The van der Waals surface area contributed by atoms with Crippen LogP contribution in [0.25, 0.3) is 0 Å². The second-order valence-electron chi connectivity index (χ2n) is 18.2. The van der Waals surface area contributed by atoms with Gasteiger partial charge in [0.15, 0.2) is 35.2 Å². The third-order valence-electron chi connectivity index (χ3n) is 13.0. The number of likely N-dealkylation sites (N-methyl/N-ethyl adjacent to an activating group) is 4. The summed E-state index contributed by atoms with van der Waals surface area (Å²) in [4.78, 5) is 79.8. The van der Waals surface area contributed by atoms with Gasteiger partial charge in [-0.15, -0.1) is 6.42 Å². The molecule has 4 aromatic rings. The Kier molecular flexibility index (Phi) is 24.3. The van der Waals surface area contributed by atoms with Gasteiger partial charge in [0.05, 0.1) is 12.2 Å². The number of hydrogen-bond acceptors (Lipinski definition) is 12. The number of nitrogens with zero attached hydrogens (tertiary/aromatic N) is 2. The zero-order chi connectivity index (χ0) is 55.3. The Morgan fingerprint density at radius 1 is 0.627 bits per heavy atom. The SMILES string of the molecule is C#Cc1ccc(C(C)O)cc1.CNC(=O)[C@@](C)(C(=O)COC1CCCCO1)N(C)C(=O)c1ccc(C#Cc2ccc(C(C)O)cc2)cc1.CNC(=O)[C@@](C)(C(=O)COC1CCCCO1)N(C)C(=O)c1ccc(I)cc1. The van der Waals surface area contributed by atoms with Crippen LogP contribution in [0, 0.1) is 27.8 Å². The molecule has 16 nitrogen and oxygen atoms in total. The number of nitrogens with one attached hydrogen (secondary N) is 2. The Morgan fingerprint density at radius 3 is 1.29 bits per heavy atom. The Hall–Kier alpha value is -6.29. The van der Waals surface area contributed by atoms with Gasteiger partial charge in [-0.3, -0.25) is 28.8 Å². The molecule has 17 heteroatoms. The van der Waals surface area contributed by atoms with Gasteiger partial charge in [-0.25, -0.2) is 0 Å². The van der Waals surface area contributed by atoms with Crippen molar-refractivity contribution in [3.05, 3.63) is 140 Å². The van der Waals surface area contributed by atoms with Gasteiger partial charge in [-0.2, -0.15) is 0 Å². The third kappa shape index (κ3) is 17.1. The van der Waals surface area contributed by atoms with Crippen molar-refractivity contribution in [1.29, 1.82) is 0 Å². The predicted octanol–water partition coefficient (Wildman–Crippen LogP) is 6.53. The summed E-state index contributed by atoms with van der Waals surface area (Å²) in [6.07, 6.45) is 8.49. The number of rotatable bonds is 16. The average Bonchev–Trinajstić information content (AvgIpc) is 3.44. The highest BCUT2D eigenvalue weighted by molar-refractivity contribution is 14.1. The van der Waals surface area contributed by atoms with Crippen molar-refractivity contribution >= 4 is 57.8 Å². The number of ether oxygens (including phenoxy) is 4. The van der Waals surface area contributed by atoms with Crippen molar-refractivity contribution in [2.45, 2.75) is 102 Å². The number of halogens is 1. The minimum absolute atomic E-state index is 0.307. The van der Waals surface area contributed by atoms with Gasteiger partial charge < -0.3 is 49.6 Å². The first kappa shape index (κ1) is 61.3. The molecule has 0 saturated carbocycles. The summed E-state index contributed by atoms with van der Waals surface area (Å²) in [5.74, 6) is 5.49. The van der Waals surface area contributed by atoms with Crippen LogP contribution in [0.4, 0.5) is 0 Å². The van der Waals surface area contributed by atoms with Crippen molar-refractivity contribution in [3.8, 4) is 24.2 Å². The maximum Gasteiger partial charge on any atom is 0.254 e. The molecule has 4 aromatic carbocycles. The minimum Gasteiger partial charge on any atom is -0.389 e. The fourth-order valence-corrected chi connectivity index (χ4v) is 8.01. The molecule has 2 aliphatic heterocycles. The minimum atomic E-state index is -1.77. The second-order valence-corrected chi connectivity index (χ2v) is 19.4. The van der Waals surface area contributed by atoms with Gasteiger partial charge in [0.2, 0.25) is 0 Å².